The zero-order valence-corrected chi connectivity index (χ0v) is 9.85. The average Bonchev–Trinajstić information content (AvgIpc) is 2.15. The highest BCUT2D eigenvalue weighted by molar-refractivity contribution is 7.98. The molecule has 0 aliphatic heterocycles. The first-order valence-corrected chi connectivity index (χ1v) is 5.92. The highest BCUT2D eigenvalue weighted by Gasteiger charge is 2.07. The predicted octanol–water partition coefficient (Wildman–Crippen LogP) is 2.55. The summed E-state index contributed by atoms with van der Waals surface area (Å²) in [6.07, 6.45) is 2.05. The molecular weight excluding hydrogens is 206 g/mol. The molecule has 2 rings (SSSR count). The molecule has 3 nitrogen and oxygen atoms in total. The van der Waals surface area contributed by atoms with Gasteiger partial charge in [0, 0.05) is 10.3 Å². The van der Waals surface area contributed by atoms with Crippen molar-refractivity contribution in [2.45, 2.75) is 18.7 Å². The summed E-state index contributed by atoms with van der Waals surface area (Å²) in [5.74, 6) is 1.29. The van der Waals surface area contributed by atoms with Crippen LogP contribution in [0.25, 0.3) is 10.9 Å². The molecule has 0 amide bonds. The summed E-state index contributed by atoms with van der Waals surface area (Å²) in [7, 11) is 0. The molecule has 0 saturated heterocycles. The molecule has 1 heterocycles. The Kier molecular flexibility index (Phi) is 2.52. The maximum absolute atomic E-state index is 5.89. The third-order valence-electron chi connectivity index (χ3n) is 2.34. The smallest absolute Gasteiger partial charge is 0.135 e. The second-order valence-electron chi connectivity index (χ2n) is 3.49. The molecule has 0 bridgehead atoms. The minimum absolute atomic E-state index is 0.572. The summed E-state index contributed by atoms with van der Waals surface area (Å²) in [5, 5.41) is 0.971. The molecule has 0 fully saturated rings. The van der Waals surface area contributed by atoms with Gasteiger partial charge in [0.25, 0.3) is 0 Å². The molecule has 78 valence electrons. The molecule has 1 aromatic carbocycles. The van der Waals surface area contributed by atoms with E-state index in [1.54, 1.807) is 11.8 Å². The topological polar surface area (TPSA) is 51.8 Å². The molecule has 2 N–H and O–H groups in total. The first-order valence-electron chi connectivity index (χ1n) is 4.70. The van der Waals surface area contributed by atoms with Gasteiger partial charge in [-0.25, -0.2) is 9.97 Å². The van der Waals surface area contributed by atoms with Gasteiger partial charge in [-0.2, -0.15) is 0 Å². The third-order valence-corrected chi connectivity index (χ3v) is 3.05. The van der Waals surface area contributed by atoms with Crippen LogP contribution in [0.4, 0.5) is 5.82 Å². The van der Waals surface area contributed by atoms with Crippen LogP contribution in [-0.2, 0) is 0 Å². The second kappa shape index (κ2) is 3.70. The molecule has 15 heavy (non-hydrogen) atoms. The molecule has 0 spiro atoms. The van der Waals surface area contributed by atoms with Crippen LogP contribution in [0.2, 0.25) is 0 Å². The minimum Gasteiger partial charge on any atom is -0.383 e. The van der Waals surface area contributed by atoms with Crippen LogP contribution in [0.1, 0.15) is 11.4 Å². The fourth-order valence-corrected chi connectivity index (χ4v) is 2.23. The molecule has 0 aliphatic carbocycles. The van der Waals surface area contributed by atoms with Gasteiger partial charge in [-0.3, -0.25) is 0 Å². The van der Waals surface area contributed by atoms with E-state index in [0.717, 1.165) is 22.3 Å². The van der Waals surface area contributed by atoms with E-state index in [2.05, 4.69) is 28.4 Å². The average molecular weight is 219 g/mol. The standard InChI is InChI=1S/C11H13N3S/c1-6-4-8(15-3)5-9-10(6)11(12)14-7(2)13-9/h4-5H,1-3H3,(H2,12,13,14). The maximum atomic E-state index is 5.89. The highest BCUT2D eigenvalue weighted by atomic mass is 32.2. The van der Waals surface area contributed by atoms with Crippen molar-refractivity contribution < 1.29 is 0 Å². The number of thioether (sulfide) groups is 1. The summed E-state index contributed by atoms with van der Waals surface area (Å²) in [5.41, 5.74) is 7.96. The van der Waals surface area contributed by atoms with Gasteiger partial charge in [0.2, 0.25) is 0 Å². The number of hydrogen-bond acceptors (Lipinski definition) is 4. The van der Waals surface area contributed by atoms with E-state index in [0.29, 0.717) is 5.82 Å². The van der Waals surface area contributed by atoms with Crippen molar-refractivity contribution in [2.24, 2.45) is 0 Å². The molecule has 0 aliphatic rings. The molecular formula is C11H13N3S. The number of nitrogen functional groups attached to an aromatic ring is 1. The Labute approximate surface area is 93.1 Å². The molecule has 0 radical (unpaired) electrons. The van der Waals surface area contributed by atoms with Crippen molar-refractivity contribution in [3.8, 4) is 0 Å². The number of benzene rings is 1. The first-order chi connectivity index (χ1) is 7.11. The van der Waals surface area contributed by atoms with E-state index >= 15 is 0 Å². The van der Waals surface area contributed by atoms with Gasteiger partial charge in [0.15, 0.2) is 0 Å². The molecule has 0 atom stereocenters. The zero-order chi connectivity index (χ0) is 11.0. The van der Waals surface area contributed by atoms with Gasteiger partial charge in [-0.1, -0.05) is 0 Å². The Morgan fingerprint density at radius 3 is 2.60 bits per heavy atom. The minimum atomic E-state index is 0.572. The lowest BCUT2D eigenvalue weighted by Crippen LogP contribution is -1.98. The Hall–Kier alpha value is -1.29. The van der Waals surface area contributed by atoms with Crippen molar-refractivity contribution >= 4 is 28.5 Å². The highest BCUT2D eigenvalue weighted by Crippen LogP contribution is 2.27. The molecule has 0 unspecified atom stereocenters. The van der Waals surface area contributed by atoms with E-state index in [9.17, 15) is 0 Å². The predicted molar refractivity (Wildman–Crippen MR) is 65.2 cm³/mol. The largest absolute Gasteiger partial charge is 0.383 e. The van der Waals surface area contributed by atoms with Crippen LogP contribution in [0, 0.1) is 13.8 Å². The lowest BCUT2D eigenvalue weighted by Gasteiger charge is -2.07. The summed E-state index contributed by atoms with van der Waals surface area (Å²) in [6, 6.07) is 4.17. The van der Waals surface area contributed by atoms with Crippen molar-refractivity contribution in [3.63, 3.8) is 0 Å². The lowest BCUT2D eigenvalue weighted by molar-refractivity contribution is 1.09. The van der Waals surface area contributed by atoms with E-state index in [-0.39, 0.29) is 0 Å². The summed E-state index contributed by atoms with van der Waals surface area (Å²) in [6.45, 7) is 3.90. The maximum Gasteiger partial charge on any atom is 0.135 e. The van der Waals surface area contributed by atoms with E-state index in [1.165, 1.54) is 4.90 Å². The molecule has 4 heteroatoms. The van der Waals surface area contributed by atoms with Crippen molar-refractivity contribution in [2.75, 3.05) is 12.0 Å². The number of nitrogens with two attached hydrogens (primary N) is 1. The number of aryl methyl sites for hydroxylation is 2. The lowest BCUT2D eigenvalue weighted by atomic mass is 10.1. The van der Waals surface area contributed by atoms with E-state index < -0.39 is 0 Å². The van der Waals surface area contributed by atoms with Crippen molar-refractivity contribution in [1.29, 1.82) is 0 Å². The fraction of sp³-hybridized carbons (Fsp3) is 0.273. The number of hydrogen-bond donors (Lipinski definition) is 1. The number of rotatable bonds is 1. The third kappa shape index (κ3) is 1.77. The van der Waals surface area contributed by atoms with Crippen LogP contribution < -0.4 is 5.73 Å². The van der Waals surface area contributed by atoms with E-state index in [1.807, 2.05) is 13.8 Å². The SMILES string of the molecule is CSc1cc(C)c2c(N)nc(C)nc2c1. The van der Waals surface area contributed by atoms with Crippen molar-refractivity contribution in [1.82, 2.24) is 9.97 Å². The number of anilines is 1. The summed E-state index contributed by atoms with van der Waals surface area (Å²) >= 11 is 1.71. The summed E-state index contributed by atoms with van der Waals surface area (Å²) < 4.78 is 0. The van der Waals surface area contributed by atoms with Gasteiger partial charge in [0.05, 0.1) is 5.52 Å². The van der Waals surface area contributed by atoms with Crippen molar-refractivity contribution in [3.05, 3.63) is 23.5 Å². The van der Waals surface area contributed by atoms with Gasteiger partial charge < -0.3 is 5.73 Å². The quantitative estimate of drug-likeness (QED) is 0.749. The van der Waals surface area contributed by atoms with Gasteiger partial charge in [-0.05, 0) is 37.8 Å². The Bertz CT molecular complexity index is 523. The molecule has 1 aromatic heterocycles. The number of nitrogens with zero attached hydrogens (tertiary/aromatic N) is 2. The zero-order valence-electron chi connectivity index (χ0n) is 9.03. The van der Waals surface area contributed by atoms with Crippen LogP contribution in [0.15, 0.2) is 17.0 Å². The Morgan fingerprint density at radius 1 is 1.20 bits per heavy atom. The normalized spacial score (nSPS) is 10.9. The molecule has 0 saturated carbocycles. The van der Waals surface area contributed by atoms with Crippen LogP contribution in [0.3, 0.4) is 0 Å². The van der Waals surface area contributed by atoms with Crippen LogP contribution >= 0.6 is 11.8 Å². The van der Waals surface area contributed by atoms with Gasteiger partial charge in [-0.15, -0.1) is 11.8 Å². The number of aromatic nitrogens is 2. The Balaban J connectivity index is 2.85. The monoisotopic (exact) mass is 219 g/mol. The second-order valence-corrected chi connectivity index (χ2v) is 4.37. The first kappa shape index (κ1) is 10.2. The van der Waals surface area contributed by atoms with Crippen LogP contribution in [0.5, 0.6) is 0 Å². The fourth-order valence-electron chi connectivity index (χ4n) is 1.70. The van der Waals surface area contributed by atoms with E-state index in [4.69, 9.17) is 5.73 Å². The molecule has 2 aromatic rings. The van der Waals surface area contributed by atoms with Gasteiger partial charge in [0.1, 0.15) is 11.6 Å². The number of fused-ring (bicyclic) bond motifs is 1. The van der Waals surface area contributed by atoms with Crippen LogP contribution in [-0.4, -0.2) is 16.2 Å². The summed E-state index contributed by atoms with van der Waals surface area (Å²) in [4.78, 5) is 9.79. The van der Waals surface area contributed by atoms with Gasteiger partial charge >= 0.3 is 0 Å². The Morgan fingerprint density at radius 2 is 1.93 bits per heavy atom.